The van der Waals surface area contributed by atoms with Crippen molar-refractivity contribution in [3.05, 3.63) is 11.1 Å². The molecule has 1 aliphatic heterocycles. The highest BCUT2D eigenvalue weighted by atomic mass is 16.6. The molecule has 3 atom stereocenters. The van der Waals surface area contributed by atoms with Crippen molar-refractivity contribution in [3.63, 3.8) is 0 Å². The van der Waals surface area contributed by atoms with Gasteiger partial charge in [0.1, 0.15) is 0 Å². The van der Waals surface area contributed by atoms with E-state index in [1.165, 1.54) is 0 Å². The van der Waals surface area contributed by atoms with Crippen LogP contribution in [0.1, 0.15) is 40.5 Å². The molecule has 2 aliphatic rings. The molecule has 1 heterocycles. The van der Waals surface area contributed by atoms with E-state index >= 15 is 0 Å². The van der Waals surface area contributed by atoms with Crippen LogP contribution in [0.4, 0.5) is 0 Å². The van der Waals surface area contributed by atoms with Crippen LogP contribution in [0.3, 0.4) is 0 Å². The number of fused-ring (bicyclic) bond motifs is 1. The van der Waals surface area contributed by atoms with Crippen molar-refractivity contribution in [2.45, 2.75) is 57.3 Å². The average molecular weight is 282 g/mol. The van der Waals surface area contributed by atoms with Crippen LogP contribution in [0.15, 0.2) is 11.1 Å². The minimum absolute atomic E-state index is 0.00199. The molecule has 0 aromatic carbocycles. The summed E-state index contributed by atoms with van der Waals surface area (Å²) in [4.78, 5) is 35.5. The Morgan fingerprint density at radius 2 is 1.75 bits per heavy atom. The van der Waals surface area contributed by atoms with E-state index in [0.717, 1.165) is 6.92 Å². The van der Waals surface area contributed by atoms with Gasteiger partial charge in [0.15, 0.2) is 28.4 Å². The van der Waals surface area contributed by atoms with E-state index in [-0.39, 0.29) is 24.4 Å². The molecule has 0 aromatic rings. The molecular formula is C14H18O6. The number of epoxide rings is 1. The van der Waals surface area contributed by atoms with Gasteiger partial charge in [0.2, 0.25) is 0 Å². The summed E-state index contributed by atoms with van der Waals surface area (Å²) in [5.74, 6) is -1.91. The van der Waals surface area contributed by atoms with Crippen molar-refractivity contribution in [3.8, 4) is 0 Å². The maximum atomic E-state index is 12.4. The van der Waals surface area contributed by atoms with Crippen molar-refractivity contribution in [1.29, 1.82) is 0 Å². The first-order valence-electron chi connectivity index (χ1n) is 6.42. The number of carboxylic acids is 1. The summed E-state index contributed by atoms with van der Waals surface area (Å²) in [5, 5.41) is 18.6. The Bertz CT molecular complexity index is 558. The van der Waals surface area contributed by atoms with E-state index in [9.17, 15) is 19.5 Å². The normalized spacial score (nSPS) is 35.6. The Labute approximate surface area is 116 Å². The molecule has 110 valence electrons. The minimum Gasteiger partial charge on any atom is -0.479 e. The average Bonchev–Trinajstić information content (AvgIpc) is 3.00. The molecule has 6 nitrogen and oxygen atoms in total. The Morgan fingerprint density at radius 1 is 1.25 bits per heavy atom. The first-order valence-corrected chi connectivity index (χ1v) is 6.42. The van der Waals surface area contributed by atoms with Crippen LogP contribution < -0.4 is 0 Å². The SMILES string of the molecule is CC1=C(C)C(=O)C2(CCC(C)(O)C(=O)O)OC2(C)C1=O. The maximum absolute atomic E-state index is 12.4. The van der Waals surface area contributed by atoms with Crippen molar-refractivity contribution < 1.29 is 29.3 Å². The Morgan fingerprint density at radius 3 is 2.25 bits per heavy atom. The van der Waals surface area contributed by atoms with Crippen molar-refractivity contribution in [2.24, 2.45) is 0 Å². The molecule has 2 rings (SSSR count). The number of Topliss-reactive ketones (excluding diaryl/α,β-unsaturated/α-hetero) is 2. The molecule has 1 saturated heterocycles. The summed E-state index contributed by atoms with van der Waals surface area (Å²) < 4.78 is 5.45. The first kappa shape index (κ1) is 14.9. The molecule has 0 saturated carbocycles. The second-order valence-corrected chi connectivity index (χ2v) is 5.95. The minimum atomic E-state index is -1.95. The van der Waals surface area contributed by atoms with E-state index in [1.807, 2.05) is 0 Å². The fourth-order valence-electron chi connectivity index (χ4n) is 2.75. The number of ether oxygens (including phenoxy) is 1. The second-order valence-electron chi connectivity index (χ2n) is 5.95. The van der Waals surface area contributed by atoms with Crippen molar-refractivity contribution in [2.75, 3.05) is 0 Å². The highest BCUT2D eigenvalue weighted by Gasteiger charge is 2.77. The summed E-state index contributed by atoms with van der Waals surface area (Å²) in [7, 11) is 0. The van der Waals surface area contributed by atoms with Crippen LogP contribution in [0, 0.1) is 0 Å². The fraction of sp³-hybridized carbons (Fsp3) is 0.643. The molecule has 0 aromatic heterocycles. The van der Waals surface area contributed by atoms with Gasteiger partial charge in [0.05, 0.1) is 0 Å². The van der Waals surface area contributed by atoms with Crippen LogP contribution in [-0.4, -0.2) is 44.6 Å². The van der Waals surface area contributed by atoms with E-state index in [2.05, 4.69) is 0 Å². The molecule has 0 spiro atoms. The van der Waals surface area contributed by atoms with E-state index < -0.39 is 22.8 Å². The number of aliphatic hydroxyl groups is 1. The van der Waals surface area contributed by atoms with Gasteiger partial charge in [-0.25, -0.2) is 4.79 Å². The molecule has 20 heavy (non-hydrogen) atoms. The molecule has 0 radical (unpaired) electrons. The van der Waals surface area contributed by atoms with Crippen LogP contribution >= 0.6 is 0 Å². The monoisotopic (exact) mass is 282 g/mol. The quantitative estimate of drug-likeness (QED) is 0.732. The molecule has 2 N–H and O–H groups in total. The number of aliphatic carboxylic acids is 1. The molecule has 3 unspecified atom stereocenters. The lowest BCUT2D eigenvalue weighted by molar-refractivity contribution is -0.157. The van der Waals surface area contributed by atoms with Gasteiger partial charge >= 0.3 is 5.97 Å². The lowest BCUT2D eigenvalue weighted by Gasteiger charge is -2.25. The molecule has 6 heteroatoms. The number of rotatable bonds is 4. The smallest absolute Gasteiger partial charge is 0.335 e. The number of ketones is 2. The number of carbonyl (C=O) groups is 3. The van der Waals surface area contributed by atoms with Gasteiger partial charge in [-0.05, 0) is 40.5 Å². The summed E-state index contributed by atoms with van der Waals surface area (Å²) >= 11 is 0. The second kappa shape index (κ2) is 3.99. The van der Waals surface area contributed by atoms with Gasteiger partial charge in [-0.3, -0.25) is 9.59 Å². The Kier molecular flexibility index (Phi) is 2.97. The van der Waals surface area contributed by atoms with Gasteiger partial charge < -0.3 is 14.9 Å². The van der Waals surface area contributed by atoms with E-state index in [0.29, 0.717) is 11.1 Å². The van der Waals surface area contributed by atoms with Gasteiger partial charge in [-0.2, -0.15) is 0 Å². The Balaban J connectivity index is 2.28. The van der Waals surface area contributed by atoms with Crippen LogP contribution in [0.2, 0.25) is 0 Å². The van der Waals surface area contributed by atoms with Crippen molar-refractivity contribution >= 4 is 17.5 Å². The van der Waals surface area contributed by atoms with Gasteiger partial charge in [-0.1, -0.05) is 0 Å². The lowest BCUT2D eigenvalue weighted by Crippen LogP contribution is -2.45. The maximum Gasteiger partial charge on any atom is 0.335 e. The number of carboxylic acid groups (broad SMARTS) is 1. The summed E-state index contributed by atoms with van der Waals surface area (Å²) in [5.41, 5.74) is -3.75. The Hall–Kier alpha value is -1.53. The van der Waals surface area contributed by atoms with Crippen LogP contribution in [0.5, 0.6) is 0 Å². The summed E-state index contributed by atoms with van der Waals surface area (Å²) in [6.45, 7) is 5.85. The topological polar surface area (TPSA) is 104 Å². The number of hydrogen-bond acceptors (Lipinski definition) is 5. The van der Waals surface area contributed by atoms with E-state index in [1.54, 1.807) is 20.8 Å². The fourth-order valence-corrected chi connectivity index (χ4v) is 2.75. The number of carbonyl (C=O) groups excluding carboxylic acids is 2. The highest BCUT2D eigenvalue weighted by Crippen LogP contribution is 2.57. The zero-order valence-electron chi connectivity index (χ0n) is 11.9. The predicted octanol–water partition coefficient (Wildman–Crippen LogP) is 0.618. The summed E-state index contributed by atoms with van der Waals surface area (Å²) in [6.07, 6.45) is -0.165. The molecule has 0 bridgehead atoms. The molecule has 0 amide bonds. The zero-order chi connectivity index (χ0) is 15.5. The first-order chi connectivity index (χ1) is 8.99. The third-order valence-corrected chi connectivity index (χ3v) is 4.58. The van der Waals surface area contributed by atoms with Crippen LogP contribution in [-0.2, 0) is 19.1 Å². The largest absolute Gasteiger partial charge is 0.479 e. The molecule has 1 fully saturated rings. The standard InChI is InChI=1S/C14H18O6/c1-7-8(2)10(16)14(13(4,20-14)9(7)15)6-5-12(3,19)11(17)18/h19H,5-6H2,1-4H3,(H,17,18). The van der Waals surface area contributed by atoms with Crippen molar-refractivity contribution in [1.82, 2.24) is 0 Å². The highest BCUT2D eigenvalue weighted by molar-refractivity contribution is 6.22. The lowest BCUT2D eigenvalue weighted by atomic mass is 9.73. The summed E-state index contributed by atoms with van der Waals surface area (Å²) in [6, 6.07) is 0. The third-order valence-electron chi connectivity index (χ3n) is 4.58. The zero-order valence-corrected chi connectivity index (χ0v) is 11.9. The number of hydrogen-bond donors (Lipinski definition) is 2. The van der Waals surface area contributed by atoms with Gasteiger partial charge in [0, 0.05) is 11.1 Å². The predicted molar refractivity (Wildman–Crippen MR) is 68.1 cm³/mol. The molecule has 1 aliphatic carbocycles. The van der Waals surface area contributed by atoms with Gasteiger partial charge in [-0.15, -0.1) is 0 Å². The van der Waals surface area contributed by atoms with E-state index in [4.69, 9.17) is 9.84 Å². The molecular weight excluding hydrogens is 264 g/mol. The van der Waals surface area contributed by atoms with Gasteiger partial charge in [0.25, 0.3) is 0 Å². The van der Waals surface area contributed by atoms with Crippen LogP contribution in [0.25, 0.3) is 0 Å². The third kappa shape index (κ3) is 1.68.